The number of hydrogen-bond donors (Lipinski definition) is 0. The van der Waals surface area contributed by atoms with Crippen molar-refractivity contribution in [3.05, 3.63) is 29.3 Å². The number of fused-ring (bicyclic) bond motifs is 1. The average Bonchev–Trinajstić information content (AvgIpc) is 3.22. The predicted molar refractivity (Wildman–Crippen MR) is 98.7 cm³/mol. The Kier molecular flexibility index (Phi) is 5.58. The van der Waals surface area contributed by atoms with E-state index in [1.807, 2.05) is 30.3 Å². The Hall–Kier alpha value is -2.08. The fourth-order valence-electron chi connectivity index (χ4n) is 2.09. The molecule has 0 aliphatic rings. The Morgan fingerprint density at radius 1 is 1.44 bits per heavy atom. The standard InChI is InChI=1S/C16H13ClN4O2S2/c1-21(8-4-7-18)12(22)9-24-16-20-19-15(23-16)14-13(17)10-5-2-3-6-11(10)25-14/h2-3,5-6H,4,8-9H2,1H3. The summed E-state index contributed by atoms with van der Waals surface area (Å²) in [6, 6.07) is 9.81. The number of benzene rings is 1. The van der Waals surface area contributed by atoms with Gasteiger partial charge < -0.3 is 9.32 Å². The lowest BCUT2D eigenvalue weighted by molar-refractivity contribution is -0.127. The molecule has 1 aromatic carbocycles. The molecule has 9 heteroatoms. The van der Waals surface area contributed by atoms with Crippen molar-refractivity contribution in [3.63, 3.8) is 0 Å². The van der Waals surface area contributed by atoms with Gasteiger partial charge in [-0.05, 0) is 6.07 Å². The molecule has 0 N–H and O–H groups in total. The molecule has 3 rings (SSSR count). The number of nitriles is 1. The molecule has 0 fully saturated rings. The van der Waals surface area contributed by atoms with Gasteiger partial charge in [0.15, 0.2) is 0 Å². The molecule has 2 heterocycles. The quantitative estimate of drug-likeness (QED) is 0.588. The number of rotatable bonds is 6. The van der Waals surface area contributed by atoms with E-state index in [1.165, 1.54) is 28.0 Å². The number of nitrogens with zero attached hydrogens (tertiary/aromatic N) is 4. The monoisotopic (exact) mass is 392 g/mol. The van der Waals surface area contributed by atoms with Gasteiger partial charge in [-0.15, -0.1) is 21.5 Å². The lowest BCUT2D eigenvalue weighted by atomic mass is 10.2. The van der Waals surface area contributed by atoms with Gasteiger partial charge in [-0.3, -0.25) is 4.79 Å². The second kappa shape index (κ2) is 7.87. The van der Waals surface area contributed by atoms with Crippen LogP contribution in [0.25, 0.3) is 20.9 Å². The molecule has 0 saturated carbocycles. The molecule has 0 aliphatic heterocycles. The fraction of sp³-hybridized carbons (Fsp3) is 0.250. The highest BCUT2D eigenvalue weighted by atomic mass is 35.5. The van der Waals surface area contributed by atoms with Crippen molar-refractivity contribution in [2.24, 2.45) is 0 Å². The molecule has 0 spiro atoms. The van der Waals surface area contributed by atoms with E-state index in [0.717, 1.165) is 15.0 Å². The second-order valence-corrected chi connectivity index (χ2v) is 7.48. The van der Waals surface area contributed by atoms with Crippen LogP contribution < -0.4 is 0 Å². The molecule has 0 aliphatic carbocycles. The number of thiophene rings is 1. The predicted octanol–water partition coefficient (Wildman–Crippen LogP) is 4.07. The van der Waals surface area contributed by atoms with Crippen LogP contribution in [0, 0.1) is 11.3 Å². The lowest BCUT2D eigenvalue weighted by Crippen LogP contribution is -2.29. The van der Waals surface area contributed by atoms with Gasteiger partial charge in [0, 0.05) is 23.7 Å². The molecular formula is C16H13ClN4O2S2. The Labute approximate surface area is 157 Å². The summed E-state index contributed by atoms with van der Waals surface area (Å²) in [6.07, 6.45) is 0.308. The number of hydrogen-bond acceptors (Lipinski definition) is 7. The highest BCUT2D eigenvalue weighted by Gasteiger charge is 2.18. The topological polar surface area (TPSA) is 83.0 Å². The summed E-state index contributed by atoms with van der Waals surface area (Å²) in [6.45, 7) is 0.405. The first-order chi connectivity index (χ1) is 12.1. The van der Waals surface area contributed by atoms with Gasteiger partial charge in [-0.1, -0.05) is 41.6 Å². The first-order valence-corrected chi connectivity index (χ1v) is 9.52. The van der Waals surface area contributed by atoms with Crippen molar-refractivity contribution < 1.29 is 9.21 Å². The van der Waals surface area contributed by atoms with E-state index in [-0.39, 0.29) is 11.7 Å². The van der Waals surface area contributed by atoms with Crippen molar-refractivity contribution in [2.45, 2.75) is 11.6 Å². The van der Waals surface area contributed by atoms with Crippen LogP contribution >= 0.6 is 34.7 Å². The summed E-state index contributed by atoms with van der Waals surface area (Å²) in [5, 5.41) is 18.4. The van der Waals surface area contributed by atoms with Crippen LogP contribution in [0.1, 0.15) is 6.42 Å². The summed E-state index contributed by atoms with van der Waals surface area (Å²) in [4.78, 5) is 14.2. The van der Waals surface area contributed by atoms with Crippen molar-refractivity contribution in [1.29, 1.82) is 5.26 Å². The zero-order chi connectivity index (χ0) is 17.8. The molecule has 0 atom stereocenters. The Morgan fingerprint density at radius 3 is 3.00 bits per heavy atom. The number of aromatic nitrogens is 2. The fourth-order valence-corrected chi connectivity index (χ4v) is 4.22. The summed E-state index contributed by atoms with van der Waals surface area (Å²) in [5.74, 6) is 0.419. The minimum atomic E-state index is -0.0973. The summed E-state index contributed by atoms with van der Waals surface area (Å²) < 4.78 is 6.68. The first-order valence-electron chi connectivity index (χ1n) is 7.34. The number of halogens is 1. The third-order valence-corrected chi connectivity index (χ3v) is 5.91. The summed E-state index contributed by atoms with van der Waals surface area (Å²) >= 11 is 9.06. The van der Waals surface area contributed by atoms with Gasteiger partial charge in [0.2, 0.25) is 5.91 Å². The molecule has 128 valence electrons. The van der Waals surface area contributed by atoms with Crippen molar-refractivity contribution in [1.82, 2.24) is 15.1 Å². The Balaban J connectivity index is 1.69. The maximum Gasteiger partial charge on any atom is 0.277 e. The second-order valence-electron chi connectivity index (χ2n) is 5.13. The van der Waals surface area contributed by atoms with Crippen LogP contribution in [0.3, 0.4) is 0 Å². The SMILES string of the molecule is CN(CCC#N)C(=O)CSc1nnc(-c2sc3ccccc3c2Cl)o1. The molecule has 0 bridgehead atoms. The molecule has 0 saturated heterocycles. The largest absolute Gasteiger partial charge is 0.410 e. The van der Waals surface area contributed by atoms with E-state index in [4.69, 9.17) is 21.3 Å². The molecule has 6 nitrogen and oxygen atoms in total. The van der Waals surface area contributed by atoms with Crippen LogP contribution in [0.2, 0.25) is 5.02 Å². The number of amides is 1. The summed E-state index contributed by atoms with van der Waals surface area (Å²) in [7, 11) is 1.66. The van der Waals surface area contributed by atoms with E-state index >= 15 is 0 Å². The Bertz CT molecular complexity index is 947. The average molecular weight is 393 g/mol. The molecule has 1 amide bonds. The van der Waals surface area contributed by atoms with Gasteiger partial charge in [0.25, 0.3) is 11.1 Å². The van der Waals surface area contributed by atoms with Crippen LogP contribution in [0.5, 0.6) is 0 Å². The smallest absolute Gasteiger partial charge is 0.277 e. The number of carbonyl (C=O) groups excluding carboxylic acids is 1. The first kappa shape index (κ1) is 17.7. The molecule has 25 heavy (non-hydrogen) atoms. The Morgan fingerprint density at radius 2 is 2.24 bits per heavy atom. The van der Waals surface area contributed by atoms with E-state index < -0.39 is 0 Å². The lowest BCUT2D eigenvalue weighted by Gasteiger charge is -2.13. The molecular weight excluding hydrogens is 380 g/mol. The zero-order valence-corrected chi connectivity index (χ0v) is 15.6. The highest BCUT2D eigenvalue weighted by Crippen LogP contribution is 2.41. The van der Waals surface area contributed by atoms with Gasteiger partial charge in [-0.25, -0.2) is 0 Å². The third-order valence-electron chi connectivity index (χ3n) is 3.44. The van der Waals surface area contributed by atoms with Gasteiger partial charge in [0.05, 0.1) is 23.3 Å². The minimum absolute atomic E-state index is 0.0973. The maximum atomic E-state index is 12.0. The van der Waals surface area contributed by atoms with E-state index in [2.05, 4.69) is 10.2 Å². The van der Waals surface area contributed by atoms with E-state index in [9.17, 15) is 4.79 Å². The van der Waals surface area contributed by atoms with Crippen LogP contribution in [0.4, 0.5) is 0 Å². The number of thioether (sulfide) groups is 1. The van der Waals surface area contributed by atoms with Crippen molar-refractivity contribution in [3.8, 4) is 16.8 Å². The van der Waals surface area contributed by atoms with Crippen LogP contribution in [-0.4, -0.2) is 40.3 Å². The highest BCUT2D eigenvalue weighted by molar-refractivity contribution is 7.99. The molecule has 0 radical (unpaired) electrons. The van der Waals surface area contributed by atoms with Crippen molar-refractivity contribution >= 4 is 50.7 Å². The van der Waals surface area contributed by atoms with Gasteiger partial charge >= 0.3 is 0 Å². The van der Waals surface area contributed by atoms with E-state index in [1.54, 1.807) is 7.05 Å². The van der Waals surface area contributed by atoms with Gasteiger partial charge in [-0.2, -0.15) is 5.26 Å². The zero-order valence-electron chi connectivity index (χ0n) is 13.2. The van der Waals surface area contributed by atoms with Crippen molar-refractivity contribution in [2.75, 3.05) is 19.3 Å². The maximum absolute atomic E-state index is 12.0. The van der Waals surface area contributed by atoms with Crippen LogP contribution in [0.15, 0.2) is 33.9 Å². The van der Waals surface area contributed by atoms with Crippen LogP contribution in [-0.2, 0) is 4.79 Å². The normalized spacial score (nSPS) is 10.8. The van der Waals surface area contributed by atoms with E-state index in [0.29, 0.717) is 29.1 Å². The summed E-state index contributed by atoms with van der Waals surface area (Å²) in [5.41, 5.74) is 0. The molecule has 0 unspecified atom stereocenters. The third kappa shape index (κ3) is 3.95. The molecule has 2 aromatic heterocycles. The molecule has 3 aromatic rings. The number of carbonyl (C=O) groups is 1. The van der Waals surface area contributed by atoms with Gasteiger partial charge in [0.1, 0.15) is 4.88 Å². The minimum Gasteiger partial charge on any atom is -0.410 e.